The average molecular weight is 379 g/mol. The molecule has 0 aromatic heterocycles. The summed E-state index contributed by atoms with van der Waals surface area (Å²) in [4.78, 5) is 0. The highest BCUT2D eigenvalue weighted by Gasteiger charge is 2.27. The monoisotopic (exact) mass is 378 g/mol. The molecule has 0 aliphatic heterocycles. The zero-order chi connectivity index (χ0) is 20.1. The molecule has 1 saturated carbocycles. The molecule has 27 heavy (non-hydrogen) atoms. The second-order valence-electron chi connectivity index (χ2n) is 7.50. The van der Waals surface area contributed by atoms with E-state index in [1.807, 2.05) is 6.92 Å². The lowest BCUT2D eigenvalue weighted by atomic mass is 9.90. The van der Waals surface area contributed by atoms with Gasteiger partial charge in [-0.05, 0) is 98.5 Å². The van der Waals surface area contributed by atoms with Crippen LogP contribution in [0.4, 0.5) is 0 Å². The molecule has 0 N–H and O–H groups in total. The highest BCUT2D eigenvalue weighted by Crippen LogP contribution is 2.42. The second-order valence-corrected chi connectivity index (χ2v) is 7.96. The molecular weight excluding hydrogens is 348 g/mol. The molecule has 1 aliphatic rings. The summed E-state index contributed by atoms with van der Waals surface area (Å²) in [6.45, 7) is 18.6. The summed E-state index contributed by atoms with van der Waals surface area (Å²) < 4.78 is 0. The summed E-state index contributed by atoms with van der Waals surface area (Å²) in [5, 5.41) is 0.558. The largest absolute Gasteiger partial charge is 0.0955 e. The van der Waals surface area contributed by atoms with Gasteiger partial charge < -0.3 is 0 Å². The van der Waals surface area contributed by atoms with Crippen molar-refractivity contribution in [1.29, 1.82) is 0 Å². The maximum absolute atomic E-state index is 6.25. The van der Waals surface area contributed by atoms with Gasteiger partial charge in [0, 0.05) is 5.03 Å². The minimum absolute atomic E-state index is 0.558. The summed E-state index contributed by atoms with van der Waals surface area (Å²) >= 11 is 6.25. The highest BCUT2D eigenvalue weighted by atomic mass is 35.5. The average Bonchev–Trinajstić information content (AvgIpc) is 3.44. The molecule has 1 heteroatoms. The summed E-state index contributed by atoms with van der Waals surface area (Å²) in [5.41, 5.74) is 9.68. The molecule has 2 rings (SSSR count). The van der Waals surface area contributed by atoms with Crippen LogP contribution in [-0.2, 0) is 0 Å². The quantitative estimate of drug-likeness (QED) is 0.418. The predicted molar refractivity (Wildman–Crippen MR) is 122 cm³/mol. The fraction of sp³-hybridized carbons (Fsp3) is 0.308. The first kappa shape index (κ1) is 21.3. The third-order valence-electron chi connectivity index (χ3n) is 5.16. The van der Waals surface area contributed by atoms with Gasteiger partial charge in [-0.2, -0.15) is 0 Å². The molecule has 0 amide bonds. The Hall–Kier alpha value is -2.05. The van der Waals surface area contributed by atoms with Crippen LogP contribution >= 0.6 is 11.6 Å². The van der Waals surface area contributed by atoms with Crippen molar-refractivity contribution in [2.75, 3.05) is 0 Å². The van der Waals surface area contributed by atoms with Crippen LogP contribution in [0.2, 0.25) is 0 Å². The van der Waals surface area contributed by atoms with E-state index in [9.17, 15) is 0 Å². The Kier molecular flexibility index (Phi) is 7.27. The van der Waals surface area contributed by atoms with Crippen molar-refractivity contribution in [1.82, 2.24) is 0 Å². The molecule has 1 fully saturated rings. The fourth-order valence-corrected chi connectivity index (χ4v) is 3.49. The van der Waals surface area contributed by atoms with Crippen LogP contribution in [0.3, 0.4) is 0 Å². The van der Waals surface area contributed by atoms with Crippen molar-refractivity contribution in [3.63, 3.8) is 0 Å². The normalized spacial score (nSPS) is 16.9. The predicted octanol–water partition coefficient (Wildman–Crippen LogP) is 8.33. The van der Waals surface area contributed by atoms with E-state index < -0.39 is 0 Å². The van der Waals surface area contributed by atoms with Gasteiger partial charge in [0.05, 0.1) is 0 Å². The molecule has 1 aliphatic carbocycles. The summed E-state index contributed by atoms with van der Waals surface area (Å²) in [6, 6.07) is 8.75. The van der Waals surface area contributed by atoms with Crippen LogP contribution in [0.5, 0.6) is 0 Å². The van der Waals surface area contributed by atoms with Gasteiger partial charge in [0.15, 0.2) is 0 Å². The molecule has 0 saturated heterocycles. The third-order valence-corrected chi connectivity index (χ3v) is 5.37. The number of benzene rings is 1. The number of rotatable bonds is 7. The van der Waals surface area contributed by atoms with Crippen molar-refractivity contribution in [3.05, 3.63) is 99.7 Å². The Morgan fingerprint density at radius 2 is 1.63 bits per heavy atom. The van der Waals surface area contributed by atoms with E-state index in [1.165, 1.54) is 46.3 Å². The van der Waals surface area contributed by atoms with Gasteiger partial charge in [-0.25, -0.2) is 0 Å². The lowest BCUT2D eigenvalue weighted by Crippen LogP contribution is -1.97. The molecule has 0 heterocycles. The van der Waals surface area contributed by atoms with Crippen molar-refractivity contribution < 1.29 is 0 Å². The maximum atomic E-state index is 6.25. The van der Waals surface area contributed by atoms with E-state index in [0.29, 0.717) is 11.0 Å². The van der Waals surface area contributed by atoms with E-state index in [1.54, 1.807) is 0 Å². The third kappa shape index (κ3) is 5.47. The molecule has 1 aromatic carbocycles. The fourth-order valence-electron chi connectivity index (χ4n) is 3.27. The number of halogens is 1. The number of hydrogen-bond donors (Lipinski definition) is 0. The molecule has 0 nitrogen and oxygen atoms in total. The molecule has 142 valence electrons. The standard InChI is InChI=1S/C26H31Cl/c1-8-9-24(22-12-10-18(4)11-13-22)19(5)20(6)26(23-14-15-23)16-25(17(2)3)21(7)27/h8-13,16,23H,2,7,14-15H2,1,3-6H3/b9-8-,24-19+,25-16+,26-20-. The van der Waals surface area contributed by atoms with E-state index in [2.05, 4.69) is 83.3 Å². The van der Waals surface area contributed by atoms with Crippen LogP contribution in [0.15, 0.2) is 88.5 Å². The minimum atomic E-state index is 0.558. The van der Waals surface area contributed by atoms with Gasteiger partial charge in [-0.15, -0.1) is 0 Å². The maximum Gasteiger partial charge on any atom is 0.0409 e. The summed E-state index contributed by atoms with van der Waals surface area (Å²) in [7, 11) is 0. The molecule has 0 atom stereocenters. The van der Waals surface area contributed by atoms with Gasteiger partial charge >= 0.3 is 0 Å². The number of allylic oxidation sites excluding steroid dienone is 10. The molecule has 0 bridgehead atoms. The molecule has 0 radical (unpaired) electrons. The van der Waals surface area contributed by atoms with Crippen LogP contribution in [0.1, 0.15) is 51.7 Å². The van der Waals surface area contributed by atoms with E-state index in [0.717, 1.165) is 11.1 Å². The van der Waals surface area contributed by atoms with Crippen LogP contribution in [-0.4, -0.2) is 0 Å². The Labute approximate surface area is 170 Å². The zero-order valence-electron chi connectivity index (χ0n) is 17.3. The van der Waals surface area contributed by atoms with Gasteiger partial charge in [0.2, 0.25) is 0 Å². The van der Waals surface area contributed by atoms with Crippen molar-refractivity contribution in [3.8, 4) is 0 Å². The molecule has 1 aromatic rings. The zero-order valence-corrected chi connectivity index (χ0v) is 18.1. The van der Waals surface area contributed by atoms with Crippen molar-refractivity contribution >= 4 is 17.2 Å². The van der Waals surface area contributed by atoms with E-state index >= 15 is 0 Å². The van der Waals surface area contributed by atoms with Gasteiger partial charge in [-0.3, -0.25) is 0 Å². The van der Waals surface area contributed by atoms with Crippen LogP contribution in [0, 0.1) is 12.8 Å². The molecule has 0 spiro atoms. The van der Waals surface area contributed by atoms with Crippen LogP contribution < -0.4 is 0 Å². The van der Waals surface area contributed by atoms with Crippen molar-refractivity contribution in [2.24, 2.45) is 5.92 Å². The Balaban J connectivity index is 2.65. The second kappa shape index (κ2) is 9.24. The summed E-state index contributed by atoms with van der Waals surface area (Å²) in [6.07, 6.45) is 8.99. The Morgan fingerprint density at radius 3 is 2.07 bits per heavy atom. The minimum Gasteiger partial charge on any atom is -0.0955 e. The van der Waals surface area contributed by atoms with Crippen molar-refractivity contribution in [2.45, 2.75) is 47.5 Å². The first-order valence-electron chi connectivity index (χ1n) is 9.60. The first-order valence-corrected chi connectivity index (χ1v) is 9.98. The number of aryl methyl sites for hydroxylation is 1. The van der Waals surface area contributed by atoms with Gasteiger partial charge in [0.25, 0.3) is 0 Å². The smallest absolute Gasteiger partial charge is 0.0409 e. The number of hydrogen-bond acceptors (Lipinski definition) is 0. The summed E-state index contributed by atoms with van der Waals surface area (Å²) in [5.74, 6) is 0.607. The lowest BCUT2D eigenvalue weighted by Gasteiger charge is -2.15. The SMILES string of the molecule is C=C(C)\C(=C/C(=C(C)/C(C)=C(\C=C/C)c1ccc(C)cc1)C1CC1)C(=C)Cl. The molecular formula is C26H31Cl. The van der Waals surface area contributed by atoms with Gasteiger partial charge in [0.1, 0.15) is 0 Å². The first-order chi connectivity index (χ1) is 12.8. The van der Waals surface area contributed by atoms with Crippen LogP contribution in [0.25, 0.3) is 5.57 Å². The van der Waals surface area contributed by atoms with E-state index in [4.69, 9.17) is 11.6 Å². The Morgan fingerprint density at radius 1 is 1.04 bits per heavy atom. The van der Waals surface area contributed by atoms with E-state index in [-0.39, 0.29) is 0 Å². The van der Waals surface area contributed by atoms with Gasteiger partial charge in [-0.1, -0.05) is 66.7 Å². The lowest BCUT2D eigenvalue weighted by molar-refractivity contribution is 1.01. The topological polar surface area (TPSA) is 0 Å². The highest BCUT2D eigenvalue weighted by molar-refractivity contribution is 6.32. The Bertz CT molecular complexity index is 834. The molecule has 0 unspecified atom stereocenters.